The van der Waals surface area contributed by atoms with Crippen molar-refractivity contribution in [2.24, 2.45) is 5.73 Å². The van der Waals surface area contributed by atoms with Crippen LogP contribution in [-0.4, -0.2) is 46.8 Å². The molecule has 3 heterocycles. The number of nitrogen functional groups attached to an aromatic ring is 1. The quantitative estimate of drug-likeness (QED) is 0.433. The van der Waals surface area contributed by atoms with Crippen LogP contribution in [0.15, 0.2) is 48.8 Å². The lowest BCUT2D eigenvalue weighted by Crippen LogP contribution is -2.43. The van der Waals surface area contributed by atoms with Gasteiger partial charge in [0.1, 0.15) is 11.5 Å². The molecule has 0 saturated carbocycles. The Bertz CT molecular complexity index is 1280. The van der Waals surface area contributed by atoms with Gasteiger partial charge in [0.25, 0.3) is 5.91 Å². The van der Waals surface area contributed by atoms with Crippen LogP contribution in [0.5, 0.6) is 0 Å². The first-order chi connectivity index (χ1) is 17.2. The van der Waals surface area contributed by atoms with Crippen LogP contribution < -0.4 is 21.7 Å². The van der Waals surface area contributed by atoms with Gasteiger partial charge in [-0.15, -0.1) is 0 Å². The van der Waals surface area contributed by atoms with E-state index in [4.69, 9.17) is 11.5 Å². The molecular formula is C27H31FN6O2. The lowest BCUT2D eigenvalue weighted by molar-refractivity contribution is 0.0941. The summed E-state index contributed by atoms with van der Waals surface area (Å²) in [5, 5.41) is 2.78. The van der Waals surface area contributed by atoms with E-state index in [1.807, 2.05) is 19.9 Å². The third-order valence-electron chi connectivity index (χ3n) is 6.14. The molecule has 1 saturated heterocycles. The number of rotatable bonds is 7. The second kappa shape index (κ2) is 10.8. The van der Waals surface area contributed by atoms with Gasteiger partial charge in [-0.25, -0.2) is 9.37 Å². The number of amides is 1. The van der Waals surface area contributed by atoms with Gasteiger partial charge in [0.2, 0.25) is 0 Å². The molecule has 1 aliphatic heterocycles. The fraction of sp³-hybridized carbons (Fsp3) is 0.333. The van der Waals surface area contributed by atoms with Crippen molar-refractivity contribution in [3.63, 3.8) is 0 Å². The Morgan fingerprint density at radius 1 is 1.22 bits per heavy atom. The van der Waals surface area contributed by atoms with Crippen molar-refractivity contribution in [2.45, 2.75) is 45.2 Å². The summed E-state index contributed by atoms with van der Waals surface area (Å²) in [6.45, 7) is 5.25. The largest absolute Gasteiger partial charge is 0.397 e. The van der Waals surface area contributed by atoms with Crippen molar-refractivity contribution in [1.29, 1.82) is 0 Å². The summed E-state index contributed by atoms with van der Waals surface area (Å²) in [6.07, 6.45) is 5.36. The van der Waals surface area contributed by atoms with E-state index in [0.717, 1.165) is 30.6 Å². The lowest BCUT2D eigenvalue weighted by atomic mass is 10.0. The number of carbonyl (C=O) groups excluding carboxylic acids is 2. The van der Waals surface area contributed by atoms with Gasteiger partial charge < -0.3 is 21.7 Å². The number of nitrogens with one attached hydrogen (secondary N) is 1. The number of ketones is 1. The maximum Gasteiger partial charge on any atom is 0.251 e. The normalized spacial score (nSPS) is 15.7. The number of hydrogen-bond acceptors (Lipinski definition) is 7. The Labute approximate surface area is 209 Å². The molecule has 1 aliphatic rings. The maximum atomic E-state index is 14.7. The molecule has 5 N–H and O–H groups in total. The van der Waals surface area contributed by atoms with E-state index in [-0.39, 0.29) is 52.8 Å². The summed E-state index contributed by atoms with van der Waals surface area (Å²) in [7, 11) is 0. The molecule has 0 aliphatic carbocycles. The molecule has 9 heteroatoms. The predicted molar refractivity (Wildman–Crippen MR) is 138 cm³/mol. The SMILES string of the molecule is CC(C)NC(=O)c1ccc(F)c(-c2ccc(N)c(C(=O)Cc3cnccc3N3CCC[C@H](N)C3)n2)c1. The Morgan fingerprint density at radius 2 is 2.03 bits per heavy atom. The van der Waals surface area contributed by atoms with E-state index in [1.165, 1.54) is 24.3 Å². The van der Waals surface area contributed by atoms with E-state index in [0.29, 0.717) is 12.1 Å². The summed E-state index contributed by atoms with van der Waals surface area (Å²) < 4.78 is 14.7. The van der Waals surface area contributed by atoms with Crippen LogP contribution in [0.25, 0.3) is 11.3 Å². The fourth-order valence-electron chi connectivity index (χ4n) is 4.40. The first-order valence-corrected chi connectivity index (χ1v) is 12.1. The molecule has 188 valence electrons. The third kappa shape index (κ3) is 5.68. The Morgan fingerprint density at radius 3 is 2.78 bits per heavy atom. The molecule has 0 spiro atoms. The number of halogens is 1. The van der Waals surface area contributed by atoms with Crippen LogP contribution in [-0.2, 0) is 6.42 Å². The zero-order chi connectivity index (χ0) is 25.8. The minimum Gasteiger partial charge on any atom is -0.397 e. The fourth-order valence-corrected chi connectivity index (χ4v) is 4.40. The van der Waals surface area contributed by atoms with Crippen LogP contribution in [0.3, 0.4) is 0 Å². The van der Waals surface area contributed by atoms with Crippen molar-refractivity contribution in [1.82, 2.24) is 15.3 Å². The van der Waals surface area contributed by atoms with Crippen molar-refractivity contribution in [3.8, 4) is 11.3 Å². The van der Waals surface area contributed by atoms with Gasteiger partial charge in [0, 0.05) is 66.4 Å². The van der Waals surface area contributed by atoms with Crippen molar-refractivity contribution in [3.05, 3.63) is 71.4 Å². The highest BCUT2D eigenvalue weighted by molar-refractivity contribution is 6.01. The first kappa shape index (κ1) is 25.2. The highest BCUT2D eigenvalue weighted by Gasteiger charge is 2.22. The Hall–Kier alpha value is -3.85. The number of benzene rings is 1. The van der Waals surface area contributed by atoms with Crippen LogP contribution >= 0.6 is 0 Å². The van der Waals surface area contributed by atoms with Crippen LogP contribution in [0.2, 0.25) is 0 Å². The van der Waals surface area contributed by atoms with E-state index >= 15 is 0 Å². The average Bonchev–Trinajstić information content (AvgIpc) is 2.84. The molecule has 3 aromatic rings. The van der Waals surface area contributed by atoms with Gasteiger partial charge in [-0.3, -0.25) is 14.6 Å². The summed E-state index contributed by atoms with van der Waals surface area (Å²) >= 11 is 0. The van der Waals surface area contributed by atoms with Gasteiger partial charge in [0.15, 0.2) is 5.78 Å². The van der Waals surface area contributed by atoms with E-state index in [2.05, 4.69) is 20.2 Å². The second-order valence-electron chi connectivity index (χ2n) is 9.41. The van der Waals surface area contributed by atoms with Crippen LogP contribution in [0, 0.1) is 5.82 Å². The zero-order valence-corrected chi connectivity index (χ0v) is 20.5. The van der Waals surface area contributed by atoms with Crippen LogP contribution in [0.1, 0.15) is 53.1 Å². The molecule has 1 fully saturated rings. The highest BCUT2D eigenvalue weighted by atomic mass is 19.1. The first-order valence-electron chi connectivity index (χ1n) is 12.1. The van der Waals surface area contributed by atoms with Gasteiger partial charge in [-0.1, -0.05) is 0 Å². The summed E-state index contributed by atoms with van der Waals surface area (Å²) in [5.74, 6) is -1.18. The summed E-state index contributed by atoms with van der Waals surface area (Å²) in [4.78, 5) is 36.5. The zero-order valence-electron chi connectivity index (χ0n) is 20.5. The molecule has 8 nitrogen and oxygen atoms in total. The van der Waals surface area contributed by atoms with Gasteiger partial charge in [0.05, 0.1) is 11.4 Å². The average molecular weight is 491 g/mol. The number of nitrogens with zero attached hydrogens (tertiary/aromatic N) is 3. The molecular weight excluding hydrogens is 459 g/mol. The highest BCUT2D eigenvalue weighted by Crippen LogP contribution is 2.27. The molecule has 1 aromatic carbocycles. The van der Waals surface area contributed by atoms with E-state index in [1.54, 1.807) is 18.5 Å². The number of carbonyl (C=O) groups is 2. The smallest absolute Gasteiger partial charge is 0.251 e. The minimum absolute atomic E-state index is 0.0366. The predicted octanol–water partition coefficient (Wildman–Crippen LogP) is 3.36. The second-order valence-corrected chi connectivity index (χ2v) is 9.41. The standard InChI is InChI=1S/C27H31FN6O2/c1-16(2)32-27(36)17-5-6-21(28)20(12-17)23-8-7-22(30)26(33-23)25(35)13-18-14-31-10-9-24(18)34-11-3-4-19(29)15-34/h5-10,12,14,16,19H,3-4,11,13,15,29-30H2,1-2H3,(H,32,36)/t19-/m0/s1. The monoisotopic (exact) mass is 490 g/mol. The number of hydrogen-bond donors (Lipinski definition) is 3. The van der Waals surface area contributed by atoms with Gasteiger partial charge >= 0.3 is 0 Å². The number of aromatic nitrogens is 2. The van der Waals surface area contributed by atoms with Crippen LogP contribution in [0.4, 0.5) is 15.8 Å². The third-order valence-corrected chi connectivity index (χ3v) is 6.14. The molecule has 2 aromatic heterocycles. The molecule has 0 radical (unpaired) electrons. The number of Topliss-reactive ketones (excluding diaryl/α,β-unsaturated/α-hetero) is 1. The number of anilines is 2. The number of piperidine rings is 1. The van der Waals surface area contributed by atoms with Crippen molar-refractivity contribution < 1.29 is 14.0 Å². The van der Waals surface area contributed by atoms with Gasteiger partial charge in [-0.2, -0.15) is 0 Å². The lowest BCUT2D eigenvalue weighted by Gasteiger charge is -2.33. The molecule has 0 unspecified atom stereocenters. The summed E-state index contributed by atoms with van der Waals surface area (Å²) in [5.41, 5.74) is 14.8. The van der Waals surface area contributed by atoms with E-state index in [9.17, 15) is 14.0 Å². The van der Waals surface area contributed by atoms with E-state index < -0.39 is 5.82 Å². The van der Waals surface area contributed by atoms with Gasteiger partial charge in [-0.05, 0) is 63.1 Å². The Balaban J connectivity index is 1.62. The number of pyridine rings is 2. The van der Waals surface area contributed by atoms with Crippen molar-refractivity contribution >= 4 is 23.1 Å². The Kier molecular flexibility index (Phi) is 7.59. The topological polar surface area (TPSA) is 127 Å². The molecule has 0 bridgehead atoms. The summed E-state index contributed by atoms with van der Waals surface area (Å²) in [6, 6.07) is 9.03. The molecule has 4 rings (SSSR count). The minimum atomic E-state index is -0.553. The maximum absolute atomic E-state index is 14.7. The molecule has 1 atom stereocenters. The number of nitrogens with two attached hydrogens (primary N) is 2. The van der Waals surface area contributed by atoms with Crippen molar-refractivity contribution in [2.75, 3.05) is 23.7 Å². The molecule has 36 heavy (non-hydrogen) atoms. The molecule has 1 amide bonds.